The van der Waals surface area contributed by atoms with Gasteiger partial charge in [0.25, 0.3) is 0 Å². The molecule has 0 bridgehead atoms. The Hall–Kier alpha value is -3.03. The Morgan fingerprint density at radius 3 is 3.00 bits per heavy atom. The molecule has 0 spiro atoms. The van der Waals surface area contributed by atoms with Crippen molar-refractivity contribution >= 4 is 28.5 Å². The number of H-pyrrole nitrogens is 1. The Morgan fingerprint density at radius 2 is 2.12 bits per heavy atom. The normalized spacial score (nSPS) is 16.9. The van der Waals surface area contributed by atoms with Gasteiger partial charge < -0.3 is 10.3 Å². The molecule has 1 aliphatic rings. The first-order valence-electron chi connectivity index (χ1n) is 11.2. The number of nitrogens with zero attached hydrogens (tertiary/aromatic N) is 4. The molecule has 0 aliphatic carbocycles. The summed E-state index contributed by atoms with van der Waals surface area (Å²) in [5, 5.41) is 4.56. The lowest BCUT2D eigenvalue weighted by Gasteiger charge is -2.33. The summed E-state index contributed by atoms with van der Waals surface area (Å²) in [5.74, 6) is 0.624. The van der Waals surface area contributed by atoms with Gasteiger partial charge >= 0.3 is 0 Å². The molecule has 33 heavy (non-hydrogen) atoms. The molecule has 1 saturated heterocycles. The van der Waals surface area contributed by atoms with E-state index in [9.17, 15) is 4.39 Å². The van der Waals surface area contributed by atoms with Gasteiger partial charge in [0.15, 0.2) is 17.5 Å². The molecule has 0 saturated carbocycles. The molecule has 4 heterocycles. The van der Waals surface area contributed by atoms with Gasteiger partial charge in [0.2, 0.25) is 0 Å². The van der Waals surface area contributed by atoms with E-state index in [1.165, 1.54) is 17.3 Å². The maximum absolute atomic E-state index is 14.5. The van der Waals surface area contributed by atoms with Crippen molar-refractivity contribution in [1.29, 1.82) is 0 Å². The van der Waals surface area contributed by atoms with Crippen molar-refractivity contribution in [2.75, 3.05) is 25.0 Å². The van der Waals surface area contributed by atoms with Gasteiger partial charge in [0.05, 0.1) is 11.2 Å². The van der Waals surface area contributed by atoms with Crippen LogP contribution in [0, 0.1) is 18.7 Å². The number of hydrogen-bond donors (Lipinski definition) is 2. The van der Waals surface area contributed by atoms with Crippen molar-refractivity contribution in [3.63, 3.8) is 0 Å². The standard InChI is InChI=1S/C25H26ClFN6/c1-16-5-2-3-7-18(16)15-33-8-4-6-17(14-33)10-28-25-22(27)13-31-24(32-25)21-12-30-23-20(21)9-19(26)11-29-23/h2-3,5,7,9,11-13,17H,4,6,8,10,14-15H2,1H3,(H,29,30)(H,28,31,32)/t17-/m0/s1. The van der Waals surface area contributed by atoms with Gasteiger partial charge in [-0.1, -0.05) is 35.9 Å². The zero-order valence-electron chi connectivity index (χ0n) is 18.5. The number of likely N-dealkylation sites (tertiary alicyclic amines) is 1. The first-order chi connectivity index (χ1) is 16.1. The Bertz CT molecular complexity index is 1270. The summed E-state index contributed by atoms with van der Waals surface area (Å²) in [4.78, 5) is 18.5. The van der Waals surface area contributed by atoms with Crippen LogP contribution in [0.15, 0.2) is 48.9 Å². The lowest BCUT2D eigenvalue weighted by molar-refractivity contribution is 0.173. The Labute approximate surface area is 197 Å². The Morgan fingerprint density at radius 1 is 1.24 bits per heavy atom. The summed E-state index contributed by atoms with van der Waals surface area (Å²) in [6.07, 6.45) is 6.82. The summed E-state index contributed by atoms with van der Waals surface area (Å²) < 4.78 is 14.5. The molecule has 5 rings (SSSR count). The Balaban J connectivity index is 1.28. The second-order valence-corrected chi connectivity index (χ2v) is 9.13. The van der Waals surface area contributed by atoms with Crippen molar-refractivity contribution < 1.29 is 4.39 Å². The molecule has 1 aromatic carbocycles. The number of benzene rings is 1. The van der Waals surface area contributed by atoms with Crippen LogP contribution in [0.4, 0.5) is 10.2 Å². The number of anilines is 1. The maximum Gasteiger partial charge on any atom is 0.183 e. The van der Waals surface area contributed by atoms with Crippen molar-refractivity contribution in [3.05, 3.63) is 70.9 Å². The van der Waals surface area contributed by atoms with Crippen LogP contribution in [0.25, 0.3) is 22.4 Å². The monoisotopic (exact) mass is 464 g/mol. The summed E-state index contributed by atoms with van der Waals surface area (Å²) in [6.45, 7) is 5.85. The minimum Gasteiger partial charge on any atom is -0.367 e. The lowest BCUT2D eigenvalue weighted by atomic mass is 9.97. The van der Waals surface area contributed by atoms with E-state index in [1.54, 1.807) is 18.5 Å². The van der Waals surface area contributed by atoms with E-state index >= 15 is 0 Å². The second-order valence-electron chi connectivity index (χ2n) is 8.69. The minimum absolute atomic E-state index is 0.223. The molecule has 0 radical (unpaired) electrons. The van der Waals surface area contributed by atoms with E-state index in [0.717, 1.165) is 43.4 Å². The van der Waals surface area contributed by atoms with E-state index in [0.29, 0.717) is 29.0 Å². The lowest BCUT2D eigenvalue weighted by Crippen LogP contribution is -2.37. The van der Waals surface area contributed by atoms with Gasteiger partial charge in [0, 0.05) is 43.0 Å². The van der Waals surface area contributed by atoms with Gasteiger partial charge in [-0.3, -0.25) is 4.90 Å². The maximum atomic E-state index is 14.5. The fourth-order valence-electron chi connectivity index (χ4n) is 4.51. The fourth-order valence-corrected chi connectivity index (χ4v) is 4.67. The number of fused-ring (bicyclic) bond motifs is 1. The van der Waals surface area contributed by atoms with Crippen molar-refractivity contribution in [2.45, 2.75) is 26.3 Å². The molecule has 2 N–H and O–H groups in total. The van der Waals surface area contributed by atoms with E-state index in [2.05, 4.69) is 61.3 Å². The molecule has 0 amide bonds. The first-order valence-corrected chi connectivity index (χ1v) is 11.6. The third-order valence-corrected chi connectivity index (χ3v) is 6.51. The van der Waals surface area contributed by atoms with Crippen LogP contribution in [-0.4, -0.2) is 44.5 Å². The van der Waals surface area contributed by atoms with Crippen LogP contribution in [0.2, 0.25) is 5.02 Å². The van der Waals surface area contributed by atoms with Gasteiger partial charge in [-0.2, -0.15) is 0 Å². The summed E-state index contributed by atoms with van der Waals surface area (Å²) in [6, 6.07) is 10.3. The summed E-state index contributed by atoms with van der Waals surface area (Å²) >= 11 is 6.11. The molecule has 1 atom stereocenters. The highest BCUT2D eigenvalue weighted by molar-refractivity contribution is 6.31. The number of halogens is 2. The third kappa shape index (κ3) is 4.84. The van der Waals surface area contributed by atoms with Crippen LogP contribution in [0.1, 0.15) is 24.0 Å². The quantitative estimate of drug-likeness (QED) is 0.397. The van der Waals surface area contributed by atoms with Crippen molar-refractivity contribution in [1.82, 2.24) is 24.8 Å². The second kappa shape index (κ2) is 9.45. The molecule has 4 aromatic rings. The first kappa shape index (κ1) is 21.8. The van der Waals surface area contributed by atoms with Crippen LogP contribution < -0.4 is 5.32 Å². The largest absolute Gasteiger partial charge is 0.367 e. The average Bonchev–Trinajstić information content (AvgIpc) is 3.23. The number of aryl methyl sites for hydroxylation is 1. The minimum atomic E-state index is -0.456. The molecule has 1 aliphatic heterocycles. The van der Waals surface area contributed by atoms with Gasteiger partial charge in [-0.05, 0) is 49.4 Å². The number of aromatic nitrogens is 4. The number of pyridine rings is 1. The zero-order valence-corrected chi connectivity index (χ0v) is 19.2. The molecule has 1 fully saturated rings. The highest BCUT2D eigenvalue weighted by atomic mass is 35.5. The number of hydrogen-bond acceptors (Lipinski definition) is 5. The number of aromatic amines is 1. The molecule has 0 unspecified atom stereocenters. The van der Waals surface area contributed by atoms with Gasteiger partial charge in [0.1, 0.15) is 5.65 Å². The topological polar surface area (TPSA) is 69.7 Å². The van der Waals surface area contributed by atoms with E-state index in [4.69, 9.17) is 11.6 Å². The van der Waals surface area contributed by atoms with Crippen LogP contribution in [-0.2, 0) is 6.54 Å². The number of piperidine rings is 1. The molecule has 6 nitrogen and oxygen atoms in total. The highest BCUT2D eigenvalue weighted by Gasteiger charge is 2.21. The summed E-state index contributed by atoms with van der Waals surface area (Å²) in [7, 11) is 0. The smallest absolute Gasteiger partial charge is 0.183 e. The number of rotatable bonds is 6. The third-order valence-electron chi connectivity index (χ3n) is 6.30. The average molecular weight is 465 g/mol. The zero-order chi connectivity index (χ0) is 22.8. The summed E-state index contributed by atoms with van der Waals surface area (Å²) in [5.41, 5.74) is 4.12. The fraction of sp³-hybridized carbons (Fsp3) is 0.320. The van der Waals surface area contributed by atoms with Crippen LogP contribution >= 0.6 is 11.6 Å². The predicted molar refractivity (Wildman–Crippen MR) is 130 cm³/mol. The van der Waals surface area contributed by atoms with Crippen molar-refractivity contribution in [2.24, 2.45) is 5.92 Å². The highest BCUT2D eigenvalue weighted by Crippen LogP contribution is 2.28. The van der Waals surface area contributed by atoms with Crippen molar-refractivity contribution in [3.8, 4) is 11.4 Å². The molecular formula is C25H26ClFN6. The number of nitrogens with one attached hydrogen (secondary N) is 2. The Kier molecular flexibility index (Phi) is 6.24. The van der Waals surface area contributed by atoms with Gasteiger partial charge in [-0.15, -0.1) is 0 Å². The van der Waals surface area contributed by atoms with E-state index < -0.39 is 5.82 Å². The molecular weight excluding hydrogens is 439 g/mol. The molecule has 8 heteroatoms. The van der Waals surface area contributed by atoms with Crippen LogP contribution in [0.5, 0.6) is 0 Å². The van der Waals surface area contributed by atoms with Crippen LogP contribution in [0.3, 0.4) is 0 Å². The van der Waals surface area contributed by atoms with E-state index in [-0.39, 0.29) is 5.82 Å². The molecule has 3 aromatic heterocycles. The molecule has 170 valence electrons. The van der Waals surface area contributed by atoms with Gasteiger partial charge in [-0.25, -0.2) is 19.3 Å². The SMILES string of the molecule is Cc1ccccc1CN1CCC[C@@H](CNc2nc(-c3c[nH]c4ncc(Cl)cc34)ncc2F)C1. The van der Waals surface area contributed by atoms with E-state index in [1.807, 2.05) is 0 Å². The predicted octanol–water partition coefficient (Wildman–Crippen LogP) is 5.44.